The Morgan fingerprint density at radius 1 is 1.20 bits per heavy atom. The minimum absolute atomic E-state index is 0.0473. The number of nitro groups is 1. The van der Waals surface area contributed by atoms with E-state index in [1.54, 1.807) is 0 Å². The molecule has 0 spiro atoms. The van der Waals surface area contributed by atoms with Crippen molar-refractivity contribution in [2.45, 2.75) is 38.9 Å². The Morgan fingerprint density at radius 3 is 2.60 bits per heavy atom. The van der Waals surface area contributed by atoms with Gasteiger partial charge in [0.2, 0.25) is 11.1 Å². The summed E-state index contributed by atoms with van der Waals surface area (Å²) < 4.78 is 0.804. The molecule has 0 saturated heterocycles. The monoisotopic (exact) mass is 560 g/mol. The maximum atomic E-state index is 12.7. The lowest BCUT2D eigenvalue weighted by Crippen LogP contribution is -2.32. The van der Waals surface area contributed by atoms with Gasteiger partial charge in [0.05, 0.1) is 22.4 Å². The number of hydrogen-bond acceptors (Lipinski definition) is 7. The molecule has 35 heavy (non-hydrogen) atoms. The van der Waals surface area contributed by atoms with Gasteiger partial charge in [-0.3, -0.25) is 24.8 Å². The first-order valence-corrected chi connectivity index (χ1v) is 12.5. The maximum absolute atomic E-state index is 12.7. The average Bonchev–Trinajstić information content (AvgIpc) is 3.28. The smallest absolute Gasteiger partial charge is 0.270 e. The Morgan fingerprint density at radius 2 is 1.91 bits per heavy atom. The lowest BCUT2D eigenvalue weighted by molar-refractivity contribution is -0.384. The predicted octanol–water partition coefficient (Wildman–Crippen LogP) is 4.95. The molecule has 0 aliphatic heterocycles. The number of carbonyl (C=O) groups is 2. The Bertz CT molecular complexity index is 1260. The zero-order valence-corrected chi connectivity index (χ0v) is 22.0. The normalized spacial score (nSPS) is 11.8. The van der Waals surface area contributed by atoms with E-state index in [-0.39, 0.29) is 28.8 Å². The summed E-state index contributed by atoms with van der Waals surface area (Å²) in [6, 6.07) is 8.86. The molecule has 0 aliphatic rings. The molecule has 1 atom stereocenters. The van der Waals surface area contributed by atoms with Crippen molar-refractivity contribution in [1.29, 1.82) is 0 Å². The van der Waals surface area contributed by atoms with E-state index in [0.717, 1.165) is 27.4 Å². The standard InChI is InChI=1S/C23H25BrN6O4S/c1-12(2)20(26-22(32)15-6-5-7-16(10-15)30(33)34)21-27-23(29-28-21)35-11-19(31)25-18-9-14(4)13(3)8-17(18)24/h5-10,12,20H,11H2,1-4H3,(H,25,31)(H,26,32)(H,27,28,29)/t20-/m1/s1. The van der Waals surface area contributed by atoms with Crippen LogP contribution in [0.3, 0.4) is 0 Å². The minimum Gasteiger partial charge on any atom is -0.342 e. The van der Waals surface area contributed by atoms with E-state index >= 15 is 0 Å². The summed E-state index contributed by atoms with van der Waals surface area (Å²) in [7, 11) is 0. The Labute approximate surface area is 215 Å². The van der Waals surface area contributed by atoms with E-state index in [0.29, 0.717) is 16.7 Å². The highest BCUT2D eigenvalue weighted by atomic mass is 79.9. The van der Waals surface area contributed by atoms with Gasteiger partial charge in [0, 0.05) is 22.2 Å². The molecule has 2 aromatic carbocycles. The number of nitro benzene ring substituents is 1. The fourth-order valence-corrected chi connectivity index (χ4v) is 4.35. The van der Waals surface area contributed by atoms with E-state index < -0.39 is 16.9 Å². The SMILES string of the molecule is Cc1cc(Br)c(NC(=O)CSc2n[nH]c([C@H](NC(=O)c3cccc([N+](=O)[O-])c3)C(C)C)n2)cc1C. The van der Waals surface area contributed by atoms with Gasteiger partial charge in [-0.15, -0.1) is 5.10 Å². The second-order valence-electron chi connectivity index (χ2n) is 8.26. The molecule has 0 unspecified atom stereocenters. The first-order chi connectivity index (χ1) is 16.5. The summed E-state index contributed by atoms with van der Waals surface area (Å²) in [6.45, 7) is 7.79. The number of anilines is 1. The van der Waals surface area contributed by atoms with Crippen LogP contribution in [0, 0.1) is 29.9 Å². The first-order valence-electron chi connectivity index (χ1n) is 10.7. The Kier molecular flexibility index (Phi) is 8.62. The predicted molar refractivity (Wildman–Crippen MR) is 137 cm³/mol. The van der Waals surface area contributed by atoms with Gasteiger partial charge < -0.3 is 10.6 Å². The number of thioether (sulfide) groups is 1. The van der Waals surface area contributed by atoms with Gasteiger partial charge in [-0.05, 0) is 65.0 Å². The summed E-state index contributed by atoms with van der Waals surface area (Å²) in [6.07, 6.45) is 0. The highest BCUT2D eigenvalue weighted by molar-refractivity contribution is 9.10. The minimum atomic E-state index is -0.550. The van der Waals surface area contributed by atoms with Crippen LogP contribution in [0.4, 0.5) is 11.4 Å². The molecule has 1 aromatic heterocycles. The van der Waals surface area contributed by atoms with Crippen molar-refractivity contribution in [3.05, 3.63) is 73.5 Å². The van der Waals surface area contributed by atoms with E-state index in [9.17, 15) is 19.7 Å². The van der Waals surface area contributed by atoms with Crippen molar-refractivity contribution in [3.63, 3.8) is 0 Å². The number of aromatic amines is 1. The van der Waals surface area contributed by atoms with Crippen LogP contribution in [-0.2, 0) is 4.79 Å². The fourth-order valence-electron chi connectivity index (χ4n) is 3.19. The molecule has 0 radical (unpaired) electrons. The molecule has 12 heteroatoms. The fraction of sp³-hybridized carbons (Fsp3) is 0.304. The van der Waals surface area contributed by atoms with E-state index in [1.165, 1.54) is 24.3 Å². The van der Waals surface area contributed by atoms with Crippen molar-refractivity contribution < 1.29 is 14.5 Å². The van der Waals surface area contributed by atoms with Crippen molar-refractivity contribution in [3.8, 4) is 0 Å². The molecule has 0 bridgehead atoms. The molecular formula is C23H25BrN6O4S. The van der Waals surface area contributed by atoms with Crippen molar-refractivity contribution in [2.75, 3.05) is 11.1 Å². The summed E-state index contributed by atoms with van der Waals surface area (Å²) >= 11 is 4.63. The number of halogens is 1. The quantitative estimate of drug-likeness (QED) is 0.191. The van der Waals surface area contributed by atoms with Crippen LogP contribution >= 0.6 is 27.7 Å². The molecule has 3 rings (SSSR count). The molecule has 0 aliphatic carbocycles. The lowest BCUT2D eigenvalue weighted by atomic mass is 10.0. The Balaban J connectivity index is 1.63. The molecule has 0 fully saturated rings. The van der Waals surface area contributed by atoms with Gasteiger partial charge in [-0.25, -0.2) is 4.98 Å². The average molecular weight is 561 g/mol. The van der Waals surface area contributed by atoms with E-state index in [2.05, 4.69) is 41.7 Å². The number of aryl methyl sites for hydroxylation is 2. The van der Waals surface area contributed by atoms with Gasteiger partial charge in [0.25, 0.3) is 11.6 Å². The molecule has 0 saturated carbocycles. The third-order valence-corrected chi connectivity index (χ3v) is 6.74. The van der Waals surface area contributed by atoms with Gasteiger partial charge >= 0.3 is 0 Å². The number of non-ortho nitro benzene ring substituents is 1. The van der Waals surface area contributed by atoms with Gasteiger partial charge in [0.15, 0.2) is 0 Å². The van der Waals surface area contributed by atoms with E-state index in [4.69, 9.17) is 0 Å². The van der Waals surface area contributed by atoms with Crippen molar-refractivity contribution >= 4 is 50.9 Å². The van der Waals surface area contributed by atoms with Crippen LogP contribution in [0.1, 0.15) is 47.2 Å². The number of nitrogens with one attached hydrogen (secondary N) is 3. The van der Waals surface area contributed by atoms with Crippen LogP contribution in [0.15, 0.2) is 46.0 Å². The number of aromatic nitrogens is 3. The van der Waals surface area contributed by atoms with Crippen molar-refractivity contribution in [1.82, 2.24) is 20.5 Å². The summed E-state index contributed by atoms with van der Waals surface area (Å²) in [5, 5.41) is 24.1. The van der Waals surface area contributed by atoms with Crippen molar-refractivity contribution in [2.24, 2.45) is 5.92 Å². The van der Waals surface area contributed by atoms with Crippen LogP contribution in [0.5, 0.6) is 0 Å². The summed E-state index contributed by atoms with van der Waals surface area (Å²) in [5.74, 6) is -0.184. The number of rotatable bonds is 9. The van der Waals surface area contributed by atoms with Crippen LogP contribution in [0.2, 0.25) is 0 Å². The second kappa shape index (κ2) is 11.5. The molecular weight excluding hydrogens is 536 g/mol. The van der Waals surface area contributed by atoms with Gasteiger partial charge in [0.1, 0.15) is 5.82 Å². The third-order valence-electron chi connectivity index (χ3n) is 5.24. The largest absolute Gasteiger partial charge is 0.342 e. The number of H-pyrrole nitrogens is 1. The lowest BCUT2D eigenvalue weighted by Gasteiger charge is -2.19. The number of hydrogen-bond donors (Lipinski definition) is 3. The highest BCUT2D eigenvalue weighted by Gasteiger charge is 2.24. The summed E-state index contributed by atoms with van der Waals surface area (Å²) in [4.78, 5) is 40.0. The molecule has 3 N–H and O–H groups in total. The molecule has 1 heterocycles. The number of benzene rings is 2. The van der Waals surface area contributed by atoms with Crippen LogP contribution < -0.4 is 10.6 Å². The molecule has 3 aromatic rings. The maximum Gasteiger partial charge on any atom is 0.270 e. The highest BCUT2D eigenvalue weighted by Crippen LogP contribution is 2.27. The molecule has 10 nitrogen and oxygen atoms in total. The van der Waals surface area contributed by atoms with Crippen LogP contribution in [-0.4, -0.2) is 37.7 Å². The number of amides is 2. The number of carbonyl (C=O) groups excluding carboxylic acids is 2. The van der Waals surface area contributed by atoms with E-state index in [1.807, 2.05) is 39.8 Å². The topological polar surface area (TPSA) is 143 Å². The summed E-state index contributed by atoms with van der Waals surface area (Å²) in [5.41, 5.74) is 2.89. The van der Waals surface area contributed by atoms with Gasteiger partial charge in [-0.2, -0.15) is 0 Å². The first kappa shape index (κ1) is 26.4. The second-order valence-corrected chi connectivity index (χ2v) is 10.1. The molecule has 2 amide bonds. The third kappa shape index (κ3) is 6.89. The molecule has 184 valence electrons. The zero-order chi connectivity index (χ0) is 25.7. The zero-order valence-electron chi connectivity index (χ0n) is 19.6. The number of nitrogens with zero attached hydrogens (tertiary/aromatic N) is 3. The van der Waals surface area contributed by atoms with Gasteiger partial charge in [-0.1, -0.05) is 31.7 Å². The Hall–Kier alpha value is -3.25. The van der Waals surface area contributed by atoms with Crippen LogP contribution in [0.25, 0.3) is 0 Å².